The van der Waals surface area contributed by atoms with Gasteiger partial charge in [-0.1, -0.05) is 0 Å². The molecule has 9 heteroatoms. The van der Waals surface area contributed by atoms with Gasteiger partial charge in [-0.3, -0.25) is 0 Å². The van der Waals surface area contributed by atoms with Crippen molar-refractivity contribution in [2.45, 2.75) is 64.6 Å². The number of alkyl carbamates (subject to hydrolysis) is 1. The first kappa shape index (κ1) is 20.6. The number of aromatic nitrogens is 3. The molecule has 0 saturated heterocycles. The largest absolute Gasteiger partial charge is 0.444 e. The van der Waals surface area contributed by atoms with E-state index in [0.29, 0.717) is 29.5 Å². The lowest BCUT2D eigenvalue weighted by Gasteiger charge is -2.45. The zero-order chi connectivity index (χ0) is 21.2. The van der Waals surface area contributed by atoms with Crippen LogP contribution in [0.4, 0.5) is 16.6 Å². The lowest BCUT2D eigenvalue weighted by Crippen LogP contribution is -2.60. The van der Waals surface area contributed by atoms with Crippen LogP contribution in [0.1, 0.15) is 53.2 Å². The van der Waals surface area contributed by atoms with Gasteiger partial charge in [-0.2, -0.15) is 5.26 Å². The quantitative estimate of drug-likeness (QED) is 0.702. The molecule has 0 atom stereocenters. The molecule has 2 aromatic heterocycles. The molecule has 1 aliphatic carbocycles. The first-order chi connectivity index (χ1) is 13.6. The zero-order valence-corrected chi connectivity index (χ0v) is 17.5. The number of pyridine rings is 1. The molecule has 1 aliphatic rings. The van der Waals surface area contributed by atoms with Gasteiger partial charge in [0.2, 0.25) is 5.95 Å². The zero-order valence-electron chi connectivity index (χ0n) is 17.5. The third kappa shape index (κ3) is 5.02. The maximum atomic E-state index is 12.0. The van der Waals surface area contributed by atoms with E-state index in [2.05, 4.69) is 37.0 Å². The van der Waals surface area contributed by atoms with Crippen LogP contribution in [-0.2, 0) is 4.74 Å². The Hall–Kier alpha value is -3.15. The molecule has 2 heterocycles. The van der Waals surface area contributed by atoms with Crippen LogP contribution in [0.5, 0.6) is 0 Å². The number of ether oxygens (including phenoxy) is 1. The van der Waals surface area contributed by atoms with Gasteiger partial charge in [0.15, 0.2) is 5.82 Å². The number of hydrogen-bond acceptors (Lipinski definition) is 8. The van der Waals surface area contributed by atoms with Gasteiger partial charge in [-0.05, 0) is 53.5 Å². The van der Waals surface area contributed by atoms with Gasteiger partial charge in [0.05, 0.1) is 0 Å². The van der Waals surface area contributed by atoms with Crippen molar-refractivity contribution >= 4 is 28.8 Å². The van der Waals surface area contributed by atoms with Crippen molar-refractivity contribution in [3.63, 3.8) is 0 Å². The molecule has 0 radical (unpaired) electrons. The summed E-state index contributed by atoms with van der Waals surface area (Å²) in [4.78, 5) is 25.3. The van der Waals surface area contributed by atoms with Crippen molar-refractivity contribution in [3.05, 3.63) is 18.0 Å². The van der Waals surface area contributed by atoms with E-state index in [1.54, 1.807) is 12.3 Å². The normalized spacial score (nSPS) is 21.0. The molecule has 0 spiro atoms. The molecular formula is C20H27N7O2. The number of nitriles is 1. The smallest absolute Gasteiger partial charge is 0.408 e. The van der Waals surface area contributed by atoms with Gasteiger partial charge in [-0.25, -0.2) is 19.7 Å². The lowest BCUT2D eigenvalue weighted by atomic mass is 9.74. The second-order valence-corrected chi connectivity index (χ2v) is 8.57. The Balaban J connectivity index is 1.67. The molecule has 0 bridgehead atoms. The van der Waals surface area contributed by atoms with Crippen LogP contribution in [0.3, 0.4) is 0 Å². The standard InChI is InChI=1S/C20H27N7O2/c1-6-22-16-15-12(7-13(10-21)24-16)11-23-17(26-15)25-14-8-20(5,9-14)27-18(28)29-19(2,3)4/h7,11,14H,6,8-9H2,1-5H3,(H,22,24)(H,27,28)(H,23,25,26)/t14-,20-. The van der Waals surface area contributed by atoms with Gasteiger partial charge in [0.25, 0.3) is 0 Å². The molecule has 1 fully saturated rings. The van der Waals surface area contributed by atoms with Crippen LogP contribution >= 0.6 is 0 Å². The highest BCUT2D eigenvalue weighted by Gasteiger charge is 2.42. The number of nitrogens with one attached hydrogen (secondary N) is 3. The molecule has 1 amide bonds. The van der Waals surface area contributed by atoms with E-state index in [9.17, 15) is 4.79 Å². The molecule has 0 aliphatic heterocycles. The van der Waals surface area contributed by atoms with Gasteiger partial charge < -0.3 is 20.7 Å². The van der Waals surface area contributed by atoms with Crippen molar-refractivity contribution in [2.75, 3.05) is 17.2 Å². The maximum Gasteiger partial charge on any atom is 0.408 e. The Kier molecular flexibility index (Phi) is 5.46. The van der Waals surface area contributed by atoms with Gasteiger partial charge >= 0.3 is 6.09 Å². The maximum absolute atomic E-state index is 12.0. The Labute approximate surface area is 170 Å². The first-order valence-corrected chi connectivity index (χ1v) is 9.70. The van der Waals surface area contributed by atoms with E-state index in [1.165, 1.54) is 0 Å². The molecule has 9 nitrogen and oxygen atoms in total. The minimum Gasteiger partial charge on any atom is -0.444 e. The van der Waals surface area contributed by atoms with Crippen molar-refractivity contribution in [1.82, 2.24) is 20.3 Å². The van der Waals surface area contributed by atoms with Crippen LogP contribution in [0.2, 0.25) is 0 Å². The predicted molar refractivity (Wildman–Crippen MR) is 111 cm³/mol. The summed E-state index contributed by atoms with van der Waals surface area (Å²) < 4.78 is 5.33. The molecular weight excluding hydrogens is 370 g/mol. The predicted octanol–water partition coefficient (Wildman–Crippen LogP) is 3.19. The summed E-state index contributed by atoms with van der Waals surface area (Å²) in [7, 11) is 0. The minimum absolute atomic E-state index is 0.140. The van der Waals surface area contributed by atoms with Gasteiger partial charge in [0, 0.05) is 29.7 Å². The van der Waals surface area contributed by atoms with Crippen molar-refractivity contribution in [1.29, 1.82) is 5.26 Å². The fourth-order valence-electron chi connectivity index (χ4n) is 3.42. The fourth-order valence-corrected chi connectivity index (χ4v) is 3.42. The summed E-state index contributed by atoms with van der Waals surface area (Å²) >= 11 is 0. The second-order valence-electron chi connectivity index (χ2n) is 8.57. The third-order valence-corrected chi connectivity index (χ3v) is 4.55. The number of anilines is 2. The van der Waals surface area contributed by atoms with Crippen molar-refractivity contribution in [3.8, 4) is 6.07 Å². The Morgan fingerprint density at radius 1 is 1.38 bits per heavy atom. The Bertz CT molecular complexity index is 956. The third-order valence-electron chi connectivity index (χ3n) is 4.55. The van der Waals surface area contributed by atoms with Crippen LogP contribution in [0, 0.1) is 11.3 Å². The van der Waals surface area contributed by atoms with Crippen molar-refractivity contribution < 1.29 is 9.53 Å². The topological polar surface area (TPSA) is 125 Å². The average Bonchev–Trinajstić information content (AvgIpc) is 2.59. The SMILES string of the molecule is CCNc1nc(C#N)cc2cnc(N[C@H]3C[C@](C)(NC(=O)OC(C)(C)C)C3)nc12. The van der Waals surface area contributed by atoms with E-state index in [1.807, 2.05) is 34.6 Å². The van der Waals surface area contributed by atoms with E-state index in [0.717, 1.165) is 18.2 Å². The van der Waals surface area contributed by atoms with Crippen LogP contribution in [0.15, 0.2) is 12.3 Å². The first-order valence-electron chi connectivity index (χ1n) is 9.70. The molecule has 154 valence electrons. The number of carbonyl (C=O) groups excluding carboxylic acids is 1. The highest BCUT2D eigenvalue weighted by atomic mass is 16.6. The highest BCUT2D eigenvalue weighted by molar-refractivity contribution is 5.89. The number of nitrogens with zero attached hydrogens (tertiary/aromatic N) is 4. The monoisotopic (exact) mass is 397 g/mol. The summed E-state index contributed by atoms with van der Waals surface area (Å²) in [5.41, 5.74) is 0.137. The average molecular weight is 397 g/mol. The molecule has 29 heavy (non-hydrogen) atoms. The fraction of sp³-hybridized carbons (Fsp3) is 0.550. The number of amides is 1. The van der Waals surface area contributed by atoms with E-state index >= 15 is 0 Å². The second kappa shape index (κ2) is 7.70. The molecule has 1 saturated carbocycles. The van der Waals surface area contributed by atoms with Crippen molar-refractivity contribution in [2.24, 2.45) is 0 Å². The number of hydrogen-bond donors (Lipinski definition) is 3. The number of rotatable bonds is 5. The number of fused-ring (bicyclic) bond motifs is 1. The summed E-state index contributed by atoms with van der Waals surface area (Å²) in [5, 5.41) is 19.3. The molecule has 3 N–H and O–H groups in total. The molecule has 3 rings (SSSR count). The summed E-state index contributed by atoms with van der Waals surface area (Å²) in [5.74, 6) is 1.06. The van der Waals surface area contributed by atoms with Gasteiger partial charge in [-0.15, -0.1) is 0 Å². The number of carbonyl (C=O) groups is 1. The summed E-state index contributed by atoms with van der Waals surface area (Å²) in [6.07, 6.45) is 2.75. The van der Waals surface area contributed by atoms with Gasteiger partial charge in [0.1, 0.15) is 22.9 Å². The van der Waals surface area contributed by atoms with E-state index < -0.39 is 11.7 Å². The lowest BCUT2D eigenvalue weighted by molar-refractivity contribution is 0.0393. The van der Waals surface area contributed by atoms with Crippen LogP contribution < -0.4 is 16.0 Å². The molecule has 2 aromatic rings. The van der Waals surface area contributed by atoms with E-state index in [4.69, 9.17) is 10.00 Å². The molecule has 0 aromatic carbocycles. The Morgan fingerprint density at radius 2 is 2.10 bits per heavy atom. The van der Waals surface area contributed by atoms with Crippen LogP contribution in [0.25, 0.3) is 10.9 Å². The minimum atomic E-state index is -0.523. The van der Waals surface area contributed by atoms with Crippen LogP contribution in [-0.4, -0.2) is 44.8 Å². The highest BCUT2D eigenvalue weighted by Crippen LogP contribution is 2.34. The Morgan fingerprint density at radius 3 is 2.72 bits per heavy atom. The summed E-state index contributed by atoms with van der Waals surface area (Å²) in [6.45, 7) is 10.1. The van der Waals surface area contributed by atoms with E-state index in [-0.39, 0.29) is 11.6 Å². The molecule has 0 unspecified atom stereocenters. The summed E-state index contributed by atoms with van der Waals surface area (Å²) in [6, 6.07) is 3.87.